The van der Waals surface area contributed by atoms with Gasteiger partial charge in [0.05, 0.1) is 12.6 Å². The zero-order chi connectivity index (χ0) is 17.5. The van der Waals surface area contributed by atoms with Crippen LogP contribution in [-0.2, 0) is 4.79 Å². The van der Waals surface area contributed by atoms with Crippen molar-refractivity contribution < 1.29 is 9.59 Å². The Balaban J connectivity index is 1.82. The number of hydrogen-bond acceptors (Lipinski definition) is 2. The lowest BCUT2D eigenvalue weighted by atomic mass is 10.1. The van der Waals surface area contributed by atoms with Crippen molar-refractivity contribution in [2.24, 2.45) is 0 Å². The number of nitrogens with one attached hydrogen (secondary N) is 3. The molecule has 2 aromatic rings. The fourth-order valence-electron chi connectivity index (χ4n) is 2.43. The largest absolute Gasteiger partial charge is 0.332 e. The molecule has 24 heavy (non-hydrogen) atoms. The molecule has 0 aliphatic carbocycles. The average molecular weight is 325 g/mol. The molecule has 0 heterocycles. The standard InChI is InChI=1S/C19H23N3O2/c1-13-8-7-9-14(2)18(13)22-17(23)12-20-19(24)21-15(3)16-10-5-4-6-11-16/h4-11,15H,12H2,1-3H3,(H,22,23)(H2,20,21,24)/t15-/m0/s1. The van der Waals surface area contributed by atoms with E-state index >= 15 is 0 Å². The highest BCUT2D eigenvalue weighted by Gasteiger charge is 2.11. The Morgan fingerprint density at radius 1 is 0.958 bits per heavy atom. The lowest BCUT2D eigenvalue weighted by molar-refractivity contribution is -0.115. The highest BCUT2D eigenvalue weighted by Crippen LogP contribution is 2.19. The van der Waals surface area contributed by atoms with Crippen LogP contribution >= 0.6 is 0 Å². The Morgan fingerprint density at radius 2 is 1.58 bits per heavy atom. The molecule has 2 rings (SSSR count). The van der Waals surface area contributed by atoms with Crippen molar-refractivity contribution in [3.05, 3.63) is 65.2 Å². The number of carbonyl (C=O) groups excluding carboxylic acids is 2. The minimum Gasteiger partial charge on any atom is -0.332 e. The predicted octanol–water partition coefficient (Wildman–Crippen LogP) is 3.30. The lowest BCUT2D eigenvalue weighted by Gasteiger charge is -2.15. The smallest absolute Gasteiger partial charge is 0.315 e. The summed E-state index contributed by atoms with van der Waals surface area (Å²) < 4.78 is 0. The van der Waals surface area contributed by atoms with E-state index in [-0.39, 0.29) is 24.5 Å². The summed E-state index contributed by atoms with van der Waals surface area (Å²) in [6, 6.07) is 15.0. The molecule has 0 aliphatic heterocycles. The van der Waals surface area contributed by atoms with Crippen LogP contribution in [-0.4, -0.2) is 18.5 Å². The number of carbonyl (C=O) groups is 2. The van der Waals surface area contributed by atoms with Crippen LogP contribution in [0.3, 0.4) is 0 Å². The van der Waals surface area contributed by atoms with Crippen molar-refractivity contribution in [3.63, 3.8) is 0 Å². The van der Waals surface area contributed by atoms with Crippen LogP contribution in [0.25, 0.3) is 0 Å². The predicted molar refractivity (Wildman–Crippen MR) is 95.9 cm³/mol. The van der Waals surface area contributed by atoms with Crippen molar-refractivity contribution in [3.8, 4) is 0 Å². The highest BCUT2D eigenvalue weighted by molar-refractivity contribution is 5.95. The van der Waals surface area contributed by atoms with E-state index in [2.05, 4.69) is 16.0 Å². The average Bonchev–Trinajstić information content (AvgIpc) is 2.57. The fourth-order valence-corrected chi connectivity index (χ4v) is 2.43. The van der Waals surface area contributed by atoms with Gasteiger partial charge in [-0.3, -0.25) is 4.79 Å². The van der Waals surface area contributed by atoms with Crippen LogP contribution in [0.5, 0.6) is 0 Å². The highest BCUT2D eigenvalue weighted by atomic mass is 16.2. The Labute approximate surface area is 142 Å². The number of amides is 3. The molecule has 0 aliphatic rings. The summed E-state index contributed by atoms with van der Waals surface area (Å²) in [5.41, 5.74) is 3.78. The van der Waals surface area contributed by atoms with Gasteiger partial charge in [-0.25, -0.2) is 4.79 Å². The molecule has 5 nitrogen and oxygen atoms in total. The van der Waals surface area contributed by atoms with E-state index in [9.17, 15) is 9.59 Å². The molecule has 0 aromatic heterocycles. The molecule has 0 fully saturated rings. The first-order valence-corrected chi connectivity index (χ1v) is 7.92. The number of hydrogen-bond donors (Lipinski definition) is 3. The number of benzene rings is 2. The third kappa shape index (κ3) is 4.84. The van der Waals surface area contributed by atoms with Crippen LogP contribution in [0.4, 0.5) is 10.5 Å². The third-order valence-electron chi connectivity index (χ3n) is 3.80. The second kappa shape index (κ2) is 8.15. The maximum Gasteiger partial charge on any atom is 0.315 e. The summed E-state index contributed by atoms with van der Waals surface area (Å²) >= 11 is 0. The van der Waals surface area contributed by atoms with E-state index in [0.717, 1.165) is 22.4 Å². The zero-order valence-corrected chi connectivity index (χ0v) is 14.2. The molecule has 5 heteroatoms. The van der Waals surface area contributed by atoms with Crippen molar-refractivity contribution in [2.75, 3.05) is 11.9 Å². The van der Waals surface area contributed by atoms with Gasteiger partial charge in [0.25, 0.3) is 0 Å². The molecule has 0 saturated carbocycles. The maximum atomic E-state index is 12.0. The number of aryl methyl sites for hydroxylation is 2. The van der Waals surface area contributed by atoms with E-state index < -0.39 is 0 Å². The Morgan fingerprint density at radius 3 is 2.21 bits per heavy atom. The summed E-state index contributed by atoms with van der Waals surface area (Å²) in [5.74, 6) is -0.255. The van der Waals surface area contributed by atoms with Gasteiger partial charge in [-0.1, -0.05) is 48.5 Å². The second-order valence-electron chi connectivity index (χ2n) is 5.77. The van der Waals surface area contributed by atoms with Gasteiger partial charge in [-0.15, -0.1) is 0 Å². The van der Waals surface area contributed by atoms with Gasteiger partial charge < -0.3 is 16.0 Å². The molecule has 0 unspecified atom stereocenters. The van der Waals surface area contributed by atoms with Gasteiger partial charge in [-0.05, 0) is 37.5 Å². The van der Waals surface area contributed by atoms with Crippen molar-refractivity contribution in [2.45, 2.75) is 26.8 Å². The zero-order valence-electron chi connectivity index (χ0n) is 14.2. The quantitative estimate of drug-likeness (QED) is 0.789. The fraction of sp³-hybridized carbons (Fsp3) is 0.263. The van der Waals surface area contributed by atoms with E-state index in [1.165, 1.54) is 0 Å². The number of urea groups is 1. The summed E-state index contributed by atoms with van der Waals surface area (Å²) in [5, 5.41) is 8.23. The molecule has 126 valence electrons. The first-order valence-electron chi connectivity index (χ1n) is 7.92. The van der Waals surface area contributed by atoms with E-state index in [0.29, 0.717) is 0 Å². The SMILES string of the molecule is Cc1cccc(C)c1NC(=O)CNC(=O)N[C@@H](C)c1ccccc1. The van der Waals surface area contributed by atoms with Gasteiger partial charge in [-0.2, -0.15) is 0 Å². The molecule has 0 radical (unpaired) electrons. The second-order valence-corrected chi connectivity index (χ2v) is 5.77. The lowest BCUT2D eigenvalue weighted by Crippen LogP contribution is -2.41. The van der Waals surface area contributed by atoms with E-state index in [1.54, 1.807) is 0 Å². The summed E-state index contributed by atoms with van der Waals surface area (Å²) in [6.45, 7) is 5.68. The van der Waals surface area contributed by atoms with Crippen LogP contribution < -0.4 is 16.0 Å². The van der Waals surface area contributed by atoms with Crippen molar-refractivity contribution in [1.29, 1.82) is 0 Å². The summed E-state index contributed by atoms with van der Waals surface area (Å²) in [6.07, 6.45) is 0. The van der Waals surface area contributed by atoms with E-state index in [4.69, 9.17) is 0 Å². The monoisotopic (exact) mass is 325 g/mol. The number of para-hydroxylation sites is 1. The summed E-state index contributed by atoms with van der Waals surface area (Å²) in [7, 11) is 0. The van der Waals surface area contributed by atoms with Crippen LogP contribution in [0.15, 0.2) is 48.5 Å². The van der Waals surface area contributed by atoms with E-state index in [1.807, 2.05) is 69.3 Å². The minimum atomic E-state index is -0.372. The molecular weight excluding hydrogens is 302 g/mol. The number of anilines is 1. The molecule has 3 N–H and O–H groups in total. The first kappa shape index (κ1) is 17.5. The van der Waals surface area contributed by atoms with Gasteiger partial charge >= 0.3 is 6.03 Å². The molecule has 0 bridgehead atoms. The molecular formula is C19H23N3O2. The molecule has 3 amide bonds. The van der Waals surface area contributed by atoms with Crippen molar-refractivity contribution >= 4 is 17.6 Å². The van der Waals surface area contributed by atoms with Gasteiger partial charge in [0.2, 0.25) is 5.91 Å². The van der Waals surface area contributed by atoms with Crippen LogP contribution in [0.2, 0.25) is 0 Å². The molecule has 0 saturated heterocycles. The van der Waals surface area contributed by atoms with Gasteiger partial charge in [0.1, 0.15) is 0 Å². The van der Waals surface area contributed by atoms with Crippen molar-refractivity contribution in [1.82, 2.24) is 10.6 Å². The Hall–Kier alpha value is -2.82. The van der Waals surface area contributed by atoms with Crippen LogP contribution in [0.1, 0.15) is 29.7 Å². The Bertz CT molecular complexity index is 694. The van der Waals surface area contributed by atoms with Crippen LogP contribution in [0, 0.1) is 13.8 Å². The molecule has 0 spiro atoms. The van der Waals surface area contributed by atoms with Gasteiger partial charge in [0.15, 0.2) is 0 Å². The minimum absolute atomic E-state index is 0.0822. The summed E-state index contributed by atoms with van der Waals surface area (Å²) in [4.78, 5) is 23.9. The molecule has 1 atom stereocenters. The third-order valence-corrected chi connectivity index (χ3v) is 3.80. The normalized spacial score (nSPS) is 11.5. The van der Waals surface area contributed by atoms with Gasteiger partial charge in [0, 0.05) is 5.69 Å². The topological polar surface area (TPSA) is 70.2 Å². The first-order chi connectivity index (χ1) is 11.5. The maximum absolute atomic E-state index is 12.0. The number of rotatable bonds is 5. The Kier molecular flexibility index (Phi) is 5.95. The molecule has 2 aromatic carbocycles.